The maximum absolute atomic E-state index is 13.8. The van der Waals surface area contributed by atoms with Crippen LogP contribution < -0.4 is 19.2 Å². The average molecular weight is 665 g/mol. The Hall–Kier alpha value is -4.06. The van der Waals surface area contributed by atoms with Crippen molar-refractivity contribution in [3.63, 3.8) is 0 Å². The summed E-state index contributed by atoms with van der Waals surface area (Å²) >= 11 is 6.25. The molecule has 0 spiro atoms. The molecule has 2 N–H and O–H groups in total. The fraction of sp³-hybridized carbons (Fsp3) is 0.242. The normalized spacial score (nSPS) is 16.7. The van der Waals surface area contributed by atoms with Crippen LogP contribution in [0.15, 0.2) is 101 Å². The predicted octanol–water partition coefficient (Wildman–Crippen LogP) is 6.52. The number of para-hydroxylation sites is 2. The minimum Gasteiger partial charge on any atom is -0.370 e. The van der Waals surface area contributed by atoms with Gasteiger partial charge in [-0.3, -0.25) is 13.8 Å². The lowest BCUT2D eigenvalue weighted by Gasteiger charge is -2.30. The third-order valence-electron chi connectivity index (χ3n) is 8.12. The van der Waals surface area contributed by atoms with Crippen LogP contribution >= 0.6 is 11.6 Å². The highest BCUT2D eigenvalue weighted by molar-refractivity contribution is 7.93. The summed E-state index contributed by atoms with van der Waals surface area (Å²) in [6.07, 6.45) is 3.55. The topological polar surface area (TPSA) is 116 Å². The molecule has 0 unspecified atom stereocenters. The second kappa shape index (κ2) is 12.4. The number of hydrogen-bond donors (Lipinski definition) is 2. The van der Waals surface area contributed by atoms with E-state index in [1.807, 2.05) is 24.0 Å². The lowest BCUT2D eigenvalue weighted by molar-refractivity contribution is 0.102. The Balaban J connectivity index is 1.30. The van der Waals surface area contributed by atoms with Gasteiger partial charge in [0.1, 0.15) is 4.90 Å². The molecule has 2 aliphatic rings. The second-order valence-electron chi connectivity index (χ2n) is 11.3. The van der Waals surface area contributed by atoms with Crippen molar-refractivity contribution < 1.29 is 21.6 Å². The van der Waals surface area contributed by atoms with Crippen LogP contribution in [0, 0.1) is 0 Å². The van der Waals surface area contributed by atoms with E-state index in [-0.39, 0.29) is 37.8 Å². The summed E-state index contributed by atoms with van der Waals surface area (Å²) in [5, 5.41) is 3.02. The number of nitrogens with zero attached hydrogens (tertiary/aromatic N) is 2. The molecule has 0 radical (unpaired) electrons. The summed E-state index contributed by atoms with van der Waals surface area (Å²) in [6.45, 7) is 3.28. The van der Waals surface area contributed by atoms with Crippen LogP contribution in [0.1, 0.15) is 42.1 Å². The molecule has 12 heteroatoms. The van der Waals surface area contributed by atoms with E-state index in [1.165, 1.54) is 34.6 Å². The Bertz CT molecular complexity index is 1980. The fourth-order valence-electron chi connectivity index (χ4n) is 5.96. The zero-order chi connectivity index (χ0) is 31.8. The van der Waals surface area contributed by atoms with Gasteiger partial charge in [0, 0.05) is 30.4 Å². The van der Waals surface area contributed by atoms with E-state index in [4.69, 9.17) is 11.6 Å². The maximum Gasteiger partial charge on any atom is 0.264 e. The largest absolute Gasteiger partial charge is 0.370 e. The molecule has 0 aromatic heterocycles. The van der Waals surface area contributed by atoms with Gasteiger partial charge >= 0.3 is 0 Å². The number of sulfonamides is 2. The van der Waals surface area contributed by atoms with E-state index >= 15 is 0 Å². The molecule has 1 atom stereocenters. The minimum absolute atomic E-state index is 0.000125. The summed E-state index contributed by atoms with van der Waals surface area (Å²) in [5.41, 5.74) is 2.72. The average Bonchev–Trinajstić information content (AvgIpc) is 3.39. The van der Waals surface area contributed by atoms with Crippen LogP contribution in [0.2, 0.25) is 5.02 Å². The summed E-state index contributed by atoms with van der Waals surface area (Å²) < 4.78 is 59.0. The molecule has 0 aliphatic carbocycles. The molecule has 0 saturated carbocycles. The van der Waals surface area contributed by atoms with Gasteiger partial charge in [-0.25, -0.2) is 16.8 Å². The standard InChI is InChI=1S/C33H33ClN4O5S2/c1-23-20-24-10-3-6-15-30(24)38(23)45(42,43)27-12-9-11-25(21-27)33(39)35-26-16-17-31(37-18-7-2-8-19-37)32(22-26)44(40,41)36-29-14-5-4-13-28(29)34/h3-6,9-17,21-23,36H,2,7-8,18-20H2,1H3,(H,35,39)/t23-/m0/s1. The molecule has 4 aromatic rings. The first-order valence-corrected chi connectivity index (χ1v) is 18.0. The Labute approximate surface area is 268 Å². The number of carbonyl (C=O) groups is 1. The van der Waals surface area contributed by atoms with Crippen LogP contribution in [0.4, 0.5) is 22.7 Å². The smallest absolute Gasteiger partial charge is 0.264 e. The fourth-order valence-corrected chi connectivity index (χ4v) is 9.27. The molecule has 6 rings (SSSR count). The molecule has 4 aromatic carbocycles. The zero-order valence-corrected chi connectivity index (χ0v) is 27.0. The van der Waals surface area contributed by atoms with E-state index in [9.17, 15) is 21.6 Å². The molecule has 234 valence electrons. The molecule has 1 saturated heterocycles. The van der Waals surface area contributed by atoms with Gasteiger partial charge in [0.15, 0.2) is 0 Å². The molecule has 0 bridgehead atoms. The van der Waals surface area contributed by atoms with Gasteiger partial charge in [-0.2, -0.15) is 0 Å². The number of carbonyl (C=O) groups excluding carboxylic acids is 1. The maximum atomic E-state index is 13.8. The van der Waals surface area contributed by atoms with Gasteiger partial charge in [0.05, 0.1) is 27.0 Å². The van der Waals surface area contributed by atoms with Crippen molar-refractivity contribution in [1.29, 1.82) is 0 Å². The lowest BCUT2D eigenvalue weighted by Crippen LogP contribution is -2.35. The van der Waals surface area contributed by atoms with Crippen molar-refractivity contribution in [2.75, 3.05) is 32.3 Å². The van der Waals surface area contributed by atoms with E-state index in [2.05, 4.69) is 10.0 Å². The molecular formula is C33H33ClN4O5S2. The van der Waals surface area contributed by atoms with Crippen molar-refractivity contribution in [3.8, 4) is 0 Å². The third-order valence-corrected chi connectivity index (χ3v) is 11.8. The predicted molar refractivity (Wildman–Crippen MR) is 178 cm³/mol. The van der Waals surface area contributed by atoms with Gasteiger partial charge in [-0.1, -0.05) is 48.0 Å². The Morgan fingerprint density at radius 2 is 1.56 bits per heavy atom. The van der Waals surface area contributed by atoms with Gasteiger partial charge in [0.2, 0.25) is 0 Å². The van der Waals surface area contributed by atoms with E-state index in [1.54, 1.807) is 48.5 Å². The first-order valence-electron chi connectivity index (χ1n) is 14.7. The Morgan fingerprint density at radius 3 is 2.33 bits per heavy atom. The number of anilines is 4. The van der Waals surface area contributed by atoms with E-state index in [0.717, 1.165) is 24.8 Å². The summed E-state index contributed by atoms with van der Waals surface area (Å²) in [4.78, 5) is 15.5. The first-order chi connectivity index (χ1) is 21.5. The molecule has 1 amide bonds. The second-order valence-corrected chi connectivity index (χ2v) is 15.2. The molecule has 9 nitrogen and oxygen atoms in total. The molecular weight excluding hydrogens is 632 g/mol. The van der Waals surface area contributed by atoms with Crippen molar-refractivity contribution in [1.82, 2.24) is 0 Å². The van der Waals surface area contributed by atoms with Gasteiger partial charge in [0.25, 0.3) is 26.0 Å². The SMILES string of the molecule is C[C@H]1Cc2ccccc2N1S(=O)(=O)c1cccc(C(=O)Nc2ccc(N3CCCCC3)c(S(=O)(=O)Nc3ccccc3Cl)c2)c1. The number of hydrogen-bond acceptors (Lipinski definition) is 6. The molecule has 1 fully saturated rings. The molecule has 2 aliphatic heterocycles. The van der Waals surface area contributed by atoms with Gasteiger partial charge in [-0.15, -0.1) is 0 Å². The van der Waals surface area contributed by atoms with Crippen LogP contribution in [-0.4, -0.2) is 41.9 Å². The quantitative estimate of drug-likeness (QED) is 0.222. The third kappa shape index (κ3) is 6.25. The highest BCUT2D eigenvalue weighted by Crippen LogP contribution is 2.37. The number of fused-ring (bicyclic) bond motifs is 1. The zero-order valence-electron chi connectivity index (χ0n) is 24.6. The van der Waals surface area contributed by atoms with E-state index in [0.29, 0.717) is 30.9 Å². The number of halogens is 1. The Morgan fingerprint density at radius 1 is 0.822 bits per heavy atom. The first kappa shape index (κ1) is 30.9. The Kier molecular flexibility index (Phi) is 8.51. The number of rotatable bonds is 8. The number of benzene rings is 4. The van der Waals surface area contributed by atoms with Crippen LogP contribution in [0.25, 0.3) is 0 Å². The number of piperidine rings is 1. The monoisotopic (exact) mass is 664 g/mol. The van der Waals surface area contributed by atoms with Gasteiger partial charge < -0.3 is 10.2 Å². The summed E-state index contributed by atoms with van der Waals surface area (Å²) in [7, 11) is -8.07. The highest BCUT2D eigenvalue weighted by Gasteiger charge is 2.36. The van der Waals surface area contributed by atoms with Crippen molar-refractivity contribution in [2.45, 2.75) is 48.4 Å². The van der Waals surface area contributed by atoms with Crippen molar-refractivity contribution in [2.24, 2.45) is 0 Å². The van der Waals surface area contributed by atoms with Crippen LogP contribution in [-0.2, 0) is 26.5 Å². The van der Waals surface area contributed by atoms with Crippen molar-refractivity contribution in [3.05, 3.63) is 107 Å². The number of amides is 1. The van der Waals surface area contributed by atoms with Gasteiger partial charge in [-0.05, 0) is 92.8 Å². The summed E-state index contributed by atoms with van der Waals surface area (Å²) in [5.74, 6) is -0.574. The highest BCUT2D eigenvalue weighted by atomic mass is 35.5. The number of nitrogens with one attached hydrogen (secondary N) is 2. The van der Waals surface area contributed by atoms with Crippen LogP contribution in [0.5, 0.6) is 0 Å². The minimum atomic E-state index is -4.12. The lowest BCUT2D eigenvalue weighted by atomic mass is 10.1. The van der Waals surface area contributed by atoms with Crippen molar-refractivity contribution >= 4 is 60.3 Å². The molecule has 2 heterocycles. The van der Waals surface area contributed by atoms with E-state index < -0.39 is 26.0 Å². The van der Waals surface area contributed by atoms with Crippen LogP contribution in [0.3, 0.4) is 0 Å². The molecule has 45 heavy (non-hydrogen) atoms. The summed E-state index contributed by atoms with van der Waals surface area (Å²) in [6, 6.07) is 24.3.